The molecule has 1 aromatic carbocycles. The highest BCUT2D eigenvalue weighted by Gasteiger charge is 2.08. The number of hydrogen-bond acceptors (Lipinski definition) is 3. The summed E-state index contributed by atoms with van der Waals surface area (Å²) in [6.45, 7) is 4.61. The van der Waals surface area contributed by atoms with E-state index in [1.807, 2.05) is 6.92 Å². The molecule has 0 spiro atoms. The normalized spacial score (nSPS) is 10.8. The lowest BCUT2D eigenvalue weighted by Crippen LogP contribution is -2.41. The Morgan fingerprint density at radius 2 is 1.88 bits per heavy atom. The lowest BCUT2D eigenvalue weighted by molar-refractivity contribution is 0.0954. The van der Waals surface area contributed by atoms with Crippen LogP contribution in [0.1, 0.15) is 22.2 Å². The molecular formula is C18H24ClIN4OS. The Kier molecular flexibility index (Phi) is 11.3. The van der Waals surface area contributed by atoms with E-state index in [0.717, 1.165) is 25.5 Å². The van der Waals surface area contributed by atoms with Crippen LogP contribution in [-0.2, 0) is 6.42 Å². The SMILES string of the molecule is CCNC(=NCCc1cccs1)NCCNC(=O)c1ccccc1Cl.I. The number of benzene rings is 1. The first-order chi connectivity index (χ1) is 12.2. The second-order valence-corrected chi connectivity index (χ2v) is 6.69. The Morgan fingerprint density at radius 3 is 2.58 bits per heavy atom. The zero-order valence-corrected chi connectivity index (χ0v) is 18.5. The number of rotatable bonds is 8. The van der Waals surface area contributed by atoms with Crippen LogP contribution in [0, 0.1) is 0 Å². The van der Waals surface area contributed by atoms with Crippen molar-refractivity contribution in [2.24, 2.45) is 4.99 Å². The zero-order chi connectivity index (χ0) is 17.9. The number of carbonyl (C=O) groups excluding carboxylic acids is 1. The van der Waals surface area contributed by atoms with E-state index >= 15 is 0 Å². The fourth-order valence-corrected chi connectivity index (χ4v) is 3.09. The van der Waals surface area contributed by atoms with Crippen LogP contribution in [0.15, 0.2) is 46.8 Å². The quantitative estimate of drug-likeness (QED) is 0.222. The molecule has 0 aliphatic carbocycles. The predicted molar refractivity (Wildman–Crippen MR) is 121 cm³/mol. The van der Waals surface area contributed by atoms with E-state index in [-0.39, 0.29) is 29.9 Å². The van der Waals surface area contributed by atoms with Crippen molar-refractivity contribution < 1.29 is 4.79 Å². The van der Waals surface area contributed by atoms with Crippen LogP contribution < -0.4 is 16.0 Å². The van der Waals surface area contributed by atoms with Crippen molar-refractivity contribution >= 4 is 58.8 Å². The average Bonchev–Trinajstić information content (AvgIpc) is 3.12. The molecule has 0 bridgehead atoms. The van der Waals surface area contributed by atoms with E-state index in [4.69, 9.17) is 11.6 Å². The highest BCUT2D eigenvalue weighted by Crippen LogP contribution is 2.14. The van der Waals surface area contributed by atoms with Crippen LogP contribution in [0.25, 0.3) is 0 Å². The molecule has 5 nitrogen and oxygen atoms in total. The molecule has 0 atom stereocenters. The number of aliphatic imine (C=N–C) groups is 1. The number of carbonyl (C=O) groups is 1. The van der Waals surface area contributed by atoms with E-state index in [9.17, 15) is 4.79 Å². The third-order valence-electron chi connectivity index (χ3n) is 3.37. The molecule has 142 valence electrons. The fourth-order valence-electron chi connectivity index (χ4n) is 2.17. The van der Waals surface area contributed by atoms with Crippen molar-refractivity contribution in [1.29, 1.82) is 0 Å². The molecule has 26 heavy (non-hydrogen) atoms. The molecule has 0 saturated heterocycles. The van der Waals surface area contributed by atoms with Crippen LogP contribution >= 0.6 is 46.9 Å². The summed E-state index contributed by atoms with van der Waals surface area (Å²) >= 11 is 7.76. The van der Waals surface area contributed by atoms with Gasteiger partial charge in [-0.3, -0.25) is 9.79 Å². The van der Waals surface area contributed by atoms with E-state index in [0.29, 0.717) is 23.7 Å². The van der Waals surface area contributed by atoms with E-state index < -0.39 is 0 Å². The first-order valence-electron chi connectivity index (χ1n) is 8.28. The van der Waals surface area contributed by atoms with Gasteiger partial charge in [0.1, 0.15) is 0 Å². The summed E-state index contributed by atoms with van der Waals surface area (Å²) in [6.07, 6.45) is 0.928. The number of hydrogen-bond donors (Lipinski definition) is 3. The van der Waals surface area contributed by atoms with Gasteiger partial charge < -0.3 is 16.0 Å². The molecule has 0 unspecified atom stereocenters. The van der Waals surface area contributed by atoms with Crippen LogP contribution in [0.2, 0.25) is 5.02 Å². The molecule has 0 radical (unpaired) electrons. The van der Waals surface area contributed by atoms with E-state index in [2.05, 4.69) is 38.5 Å². The monoisotopic (exact) mass is 506 g/mol. The van der Waals surface area contributed by atoms with Crippen LogP contribution in [0.4, 0.5) is 0 Å². The first-order valence-corrected chi connectivity index (χ1v) is 9.53. The van der Waals surface area contributed by atoms with Crippen LogP contribution in [-0.4, -0.2) is 38.0 Å². The van der Waals surface area contributed by atoms with Crippen LogP contribution in [0.5, 0.6) is 0 Å². The number of halogens is 2. The molecule has 0 aliphatic heterocycles. The average molecular weight is 507 g/mol. The summed E-state index contributed by atoms with van der Waals surface area (Å²) in [6, 6.07) is 11.2. The van der Waals surface area contributed by atoms with Crippen molar-refractivity contribution in [3.63, 3.8) is 0 Å². The predicted octanol–water partition coefficient (Wildman–Crippen LogP) is 3.55. The second kappa shape index (κ2) is 12.9. The number of guanidine groups is 1. The zero-order valence-electron chi connectivity index (χ0n) is 14.6. The first kappa shape index (κ1) is 22.7. The van der Waals surface area contributed by atoms with Gasteiger partial charge in [-0.25, -0.2) is 0 Å². The Morgan fingerprint density at radius 1 is 1.12 bits per heavy atom. The van der Waals surface area contributed by atoms with Gasteiger partial charge in [-0.05, 0) is 30.5 Å². The minimum absolute atomic E-state index is 0. The summed E-state index contributed by atoms with van der Waals surface area (Å²) in [5, 5.41) is 11.8. The van der Waals surface area contributed by atoms with E-state index in [1.165, 1.54) is 4.88 Å². The van der Waals surface area contributed by atoms with Gasteiger partial charge in [0.2, 0.25) is 0 Å². The summed E-state index contributed by atoms with van der Waals surface area (Å²) in [7, 11) is 0. The molecule has 3 N–H and O–H groups in total. The van der Waals surface area contributed by atoms with Gasteiger partial charge in [0.05, 0.1) is 10.6 Å². The van der Waals surface area contributed by atoms with Crippen molar-refractivity contribution in [3.05, 3.63) is 57.2 Å². The van der Waals surface area contributed by atoms with Crippen LogP contribution in [0.3, 0.4) is 0 Å². The van der Waals surface area contributed by atoms with Gasteiger partial charge in [-0.15, -0.1) is 35.3 Å². The summed E-state index contributed by atoms with van der Waals surface area (Å²) in [5.74, 6) is 0.582. The Bertz CT molecular complexity index is 694. The van der Waals surface area contributed by atoms with Gasteiger partial charge in [0.15, 0.2) is 5.96 Å². The smallest absolute Gasteiger partial charge is 0.252 e. The molecule has 0 fully saturated rings. The number of amides is 1. The molecule has 0 saturated carbocycles. The van der Waals surface area contributed by atoms with Gasteiger partial charge in [0, 0.05) is 37.5 Å². The minimum atomic E-state index is -0.174. The Labute approximate surface area is 180 Å². The van der Waals surface area contributed by atoms with Gasteiger partial charge in [0.25, 0.3) is 5.91 Å². The number of nitrogens with zero attached hydrogens (tertiary/aromatic N) is 1. The fraction of sp³-hybridized carbons (Fsp3) is 0.333. The highest BCUT2D eigenvalue weighted by molar-refractivity contribution is 14.0. The molecule has 1 amide bonds. The van der Waals surface area contributed by atoms with Crippen molar-refractivity contribution in [2.75, 3.05) is 26.2 Å². The number of thiophene rings is 1. The van der Waals surface area contributed by atoms with Crippen molar-refractivity contribution in [3.8, 4) is 0 Å². The molecule has 2 aromatic rings. The second-order valence-electron chi connectivity index (χ2n) is 5.25. The number of nitrogens with one attached hydrogen (secondary N) is 3. The Balaban J connectivity index is 0.00000338. The lowest BCUT2D eigenvalue weighted by atomic mass is 10.2. The molecule has 0 aliphatic rings. The van der Waals surface area contributed by atoms with Crippen molar-refractivity contribution in [1.82, 2.24) is 16.0 Å². The molecular weight excluding hydrogens is 483 g/mol. The topological polar surface area (TPSA) is 65.5 Å². The maximum atomic E-state index is 12.1. The third-order valence-corrected chi connectivity index (χ3v) is 4.64. The van der Waals surface area contributed by atoms with Gasteiger partial charge in [-0.2, -0.15) is 0 Å². The summed E-state index contributed by atoms with van der Waals surface area (Å²) < 4.78 is 0. The van der Waals surface area contributed by atoms with Gasteiger partial charge in [-0.1, -0.05) is 29.8 Å². The summed E-state index contributed by atoms with van der Waals surface area (Å²) in [4.78, 5) is 17.9. The molecule has 2 rings (SSSR count). The molecule has 8 heteroatoms. The third kappa shape index (κ3) is 7.92. The molecule has 1 aromatic heterocycles. The van der Waals surface area contributed by atoms with Gasteiger partial charge >= 0.3 is 0 Å². The molecule has 1 heterocycles. The summed E-state index contributed by atoms with van der Waals surface area (Å²) in [5.41, 5.74) is 0.487. The van der Waals surface area contributed by atoms with Crippen molar-refractivity contribution in [2.45, 2.75) is 13.3 Å². The lowest BCUT2D eigenvalue weighted by Gasteiger charge is -2.12. The van der Waals surface area contributed by atoms with E-state index in [1.54, 1.807) is 35.6 Å². The maximum absolute atomic E-state index is 12.1. The minimum Gasteiger partial charge on any atom is -0.357 e. The maximum Gasteiger partial charge on any atom is 0.252 e. The Hall–Kier alpha value is -1.32. The standard InChI is InChI=1S/C18H23ClN4OS.HI/c1-2-20-18(22-10-9-14-6-5-13-25-14)23-12-11-21-17(24)15-7-3-4-8-16(15)19;/h3-8,13H,2,9-12H2,1H3,(H,21,24)(H2,20,22,23);1H. The highest BCUT2D eigenvalue weighted by atomic mass is 127. The largest absolute Gasteiger partial charge is 0.357 e.